The summed E-state index contributed by atoms with van der Waals surface area (Å²) in [7, 11) is 0. The van der Waals surface area contributed by atoms with E-state index in [0.717, 1.165) is 0 Å². The number of rotatable bonds is 2. The topological polar surface area (TPSA) is 52.9 Å². The molecule has 0 saturated heterocycles. The molecule has 0 aromatic heterocycles. The summed E-state index contributed by atoms with van der Waals surface area (Å²) in [5.41, 5.74) is 0.639. The molecule has 0 radical (unpaired) electrons. The van der Waals surface area contributed by atoms with Crippen molar-refractivity contribution in [2.24, 2.45) is 0 Å². The maximum atomic E-state index is 12.7. The molecule has 1 N–H and O–H groups in total. The van der Waals surface area contributed by atoms with Crippen LogP contribution in [0.5, 0.6) is 0 Å². The molecule has 0 unspecified atom stereocenters. The molecule has 72 valence electrons. The maximum Gasteiger partial charge on any atom is 0.322 e. The summed E-state index contributed by atoms with van der Waals surface area (Å²) in [6, 6.07) is 5.49. The molecule has 0 saturated carbocycles. The van der Waals surface area contributed by atoms with Crippen molar-refractivity contribution in [1.82, 2.24) is 5.32 Å². The maximum absolute atomic E-state index is 12.7. The Morgan fingerprint density at radius 2 is 2.36 bits per heavy atom. The van der Waals surface area contributed by atoms with E-state index in [1.54, 1.807) is 0 Å². The van der Waals surface area contributed by atoms with Crippen molar-refractivity contribution in [3.05, 3.63) is 34.6 Å². The SMILES string of the molecule is N#CC(=O)NCc1ccc(F)c(Cl)c1. The molecule has 0 atom stereocenters. The molecule has 1 amide bonds. The molecule has 0 aliphatic rings. The molecule has 0 fully saturated rings. The van der Waals surface area contributed by atoms with Gasteiger partial charge in [-0.2, -0.15) is 5.26 Å². The smallest absolute Gasteiger partial charge is 0.322 e. The monoisotopic (exact) mass is 212 g/mol. The first kappa shape index (κ1) is 10.5. The highest BCUT2D eigenvalue weighted by Crippen LogP contribution is 2.15. The van der Waals surface area contributed by atoms with Crippen molar-refractivity contribution in [3.63, 3.8) is 0 Å². The van der Waals surface area contributed by atoms with Gasteiger partial charge >= 0.3 is 5.91 Å². The second-order valence-electron chi connectivity index (χ2n) is 2.54. The van der Waals surface area contributed by atoms with Gasteiger partial charge in [0.1, 0.15) is 5.82 Å². The molecule has 0 spiro atoms. The zero-order valence-electron chi connectivity index (χ0n) is 7.05. The number of benzene rings is 1. The summed E-state index contributed by atoms with van der Waals surface area (Å²) in [5, 5.41) is 10.5. The lowest BCUT2D eigenvalue weighted by molar-refractivity contribution is -0.116. The van der Waals surface area contributed by atoms with E-state index < -0.39 is 11.7 Å². The van der Waals surface area contributed by atoms with Crippen LogP contribution in [-0.2, 0) is 11.3 Å². The second-order valence-corrected chi connectivity index (χ2v) is 2.95. The standard InChI is InChI=1S/C9H6ClFN2O/c10-7-3-6(1-2-8(7)11)5-13-9(14)4-12/h1-3H,5H2,(H,13,14). The Morgan fingerprint density at radius 3 is 2.93 bits per heavy atom. The molecule has 0 aliphatic heterocycles. The average molecular weight is 213 g/mol. The Kier molecular flexibility index (Phi) is 3.43. The van der Waals surface area contributed by atoms with Crippen molar-refractivity contribution in [3.8, 4) is 6.07 Å². The molecule has 1 rings (SSSR count). The molecule has 14 heavy (non-hydrogen) atoms. The van der Waals surface area contributed by atoms with Crippen LogP contribution >= 0.6 is 11.6 Å². The van der Waals surface area contributed by atoms with E-state index in [-0.39, 0.29) is 11.6 Å². The number of carbonyl (C=O) groups is 1. The average Bonchev–Trinajstić information content (AvgIpc) is 2.19. The highest BCUT2D eigenvalue weighted by Gasteiger charge is 2.02. The molecule has 3 nitrogen and oxygen atoms in total. The minimum absolute atomic E-state index is 0.00583. The van der Waals surface area contributed by atoms with Gasteiger partial charge in [-0.1, -0.05) is 17.7 Å². The van der Waals surface area contributed by atoms with E-state index in [1.165, 1.54) is 24.3 Å². The third kappa shape index (κ3) is 2.71. The number of amides is 1. The first-order chi connectivity index (χ1) is 6.63. The summed E-state index contributed by atoms with van der Waals surface area (Å²) in [4.78, 5) is 10.6. The number of hydrogen-bond acceptors (Lipinski definition) is 2. The largest absolute Gasteiger partial charge is 0.339 e. The van der Waals surface area contributed by atoms with E-state index in [2.05, 4.69) is 5.32 Å². The first-order valence-electron chi connectivity index (χ1n) is 3.75. The second kappa shape index (κ2) is 4.58. The van der Waals surface area contributed by atoms with Crippen molar-refractivity contribution in [2.45, 2.75) is 6.54 Å². The van der Waals surface area contributed by atoms with Crippen LogP contribution in [0.3, 0.4) is 0 Å². The Hall–Kier alpha value is -1.60. The summed E-state index contributed by atoms with van der Waals surface area (Å²) >= 11 is 5.51. The number of nitriles is 1. The highest BCUT2D eigenvalue weighted by atomic mass is 35.5. The van der Waals surface area contributed by atoms with Crippen LogP contribution in [0.2, 0.25) is 5.02 Å². The van der Waals surface area contributed by atoms with E-state index in [1.807, 2.05) is 0 Å². The van der Waals surface area contributed by atoms with E-state index in [0.29, 0.717) is 5.56 Å². The van der Waals surface area contributed by atoms with Crippen LogP contribution in [0, 0.1) is 17.1 Å². The van der Waals surface area contributed by atoms with Gasteiger partial charge in [0.05, 0.1) is 5.02 Å². The van der Waals surface area contributed by atoms with Crippen molar-refractivity contribution in [2.75, 3.05) is 0 Å². The molecule has 5 heteroatoms. The number of nitrogens with zero attached hydrogens (tertiary/aromatic N) is 1. The molecular weight excluding hydrogens is 207 g/mol. The quantitative estimate of drug-likeness (QED) is 0.758. The Bertz CT molecular complexity index is 400. The molecule has 0 aliphatic carbocycles. The van der Waals surface area contributed by atoms with Gasteiger partial charge in [0.25, 0.3) is 0 Å². The summed E-state index contributed by atoms with van der Waals surface area (Å²) < 4.78 is 12.7. The van der Waals surface area contributed by atoms with Crippen LogP contribution in [0.25, 0.3) is 0 Å². The van der Waals surface area contributed by atoms with Gasteiger partial charge in [-0.25, -0.2) is 4.39 Å². The molecular formula is C9H6ClFN2O. The Balaban J connectivity index is 2.65. The predicted molar refractivity (Wildman–Crippen MR) is 48.9 cm³/mol. The number of nitrogens with one attached hydrogen (secondary N) is 1. The highest BCUT2D eigenvalue weighted by molar-refractivity contribution is 6.30. The zero-order valence-corrected chi connectivity index (χ0v) is 7.81. The summed E-state index contributed by atoms with van der Waals surface area (Å²) in [5.74, 6) is -1.24. The van der Waals surface area contributed by atoms with Crippen molar-refractivity contribution >= 4 is 17.5 Å². The lowest BCUT2D eigenvalue weighted by Gasteiger charge is -2.01. The zero-order chi connectivity index (χ0) is 10.6. The van der Waals surface area contributed by atoms with Gasteiger partial charge in [-0.05, 0) is 17.7 Å². The van der Waals surface area contributed by atoms with Gasteiger partial charge in [-0.3, -0.25) is 4.79 Å². The minimum atomic E-state index is -0.731. The van der Waals surface area contributed by atoms with E-state index >= 15 is 0 Å². The van der Waals surface area contributed by atoms with Crippen molar-refractivity contribution < 1.29 is 9.18 Å². The van der Waals surface area contributed by atoms with Gasteiger partial charge in [-0.15, -0.1) is 0 Å². The third-order valence-electron chi connectivity index (χ3n) is 1.54. The molecule has 0 bridgehead atoms. The normalized spacial score (nSPS) is 9.21. The minimum Gasteiger partial charge on any atom is -0.339 e. The number of halogens is 2. The fourth-order valence-electron chi connectivity index (χ4n) is 0.871. The Morgan fingerprint density at radius 1 is 1.64 bits per heavy atom. The van der Waals surface area contributed by atoms with Gasteiger partial charge < -0.3 is 5.32 Å². The van der Waals surface area contributed by atoms with Crippen molar-refractivity contribution in [1.29, 1.82) is 5.26 Å². The first-order valence-corrected chi connectivity index (χ1v) is 4.13. The number of carbonyl (C=O) groups excluding carboxylic acids is 1. The lowest BCUT2D eigenvalue weighted by Crippen LogP contribution is -2.20. The van der Waals surface area contributed by atoms with Crippen LogP contribution in [0.15, 0.2) is 18.2 Å². The van der Waals surface area contributed by atoms with Gasteiger partial charge in [0.15, 0.2) is 6.07 Å². The van der Waals surface area contributed by atoms with E-state index in [4.69, 9.17) is 16.9 Å². The third-order valence-corrected chi connectivity index (χ3v) is 1.83. The van der Waals surface area contributed by atoms with Gasteiger partial charge in [0.2, 0.25) is 0 Å². The number of hydrogen-bond donors (Lipinski definition) is 1. The van der Waals surface area contributed by atoms with Crippen LogP contribution in [-0.4, -0.2) is 5.91 Å². The van der Waals surface area contributed by atoms with Crippen LogP contribution < -0.4 is 5.32 Å². The van der Waals surface area contributed by atoms with Crippen LogP contribution in [0.1, 0.15) is 5.56 Å². The predicted octanol–water partition coefficient (Wildman–Crippen LogP) is 1.62. The molecule has 1 aromatic rings. The van der Waals surface area contributed by atoms with Crippen LogP contribution in [0.4, 0.5) is 4.39 Å². The summed E-state index contributed by atoms with van der Waals surface area (Å²) in [6.45, 7) is 0.159. The fraction of sp³-hybridized carbons (Fsp3) is 0.111. The fourth-order valence-corrected chi connectivity index (χ4v) is 1.07. The summed E-state index contributed by atoms with van der Waals surface area (Å²) in [6.07, 6.45) is 0. The van der Waals surface area contributed by atoms with Gasteiger partial charge in [0, 0.05) is 6.54 Å². The molecule has 0 heterocycles. The lowest BCUT2D eigenvalue weighted by atomic mass is 10.2. The molecule has 1 aromatic carbocycles. The Labute approximate surface area is 85.1 Å². The van der Waals surface area contributed by atoms with E-state index in [9.17, 15) is 9.18 Å².